The molecule has 0 aliphatic heterocycles. The normalized spacial score (nSPS) is 13.0. The molecular formula is C44H33N9O29S8. The standard InChI is InChI=1S/C44H33N9O29S8/c1-75-18-3-7-24(28(13-18)83-80-77-57)46-52-38-33(88(66,67)68)16-23-21(41(38)55)6-10-27(44(23)90(72,73)74)49-53-39-32(87(63,64)65)12-17-11-29(84-81-78-58)36(35(45)34(17)42(39)56)50-48-26-9-5-20-22(43(26)89(69,70)71)15-30(85-82-79-59)37(40(20)54)51-47-25-8-4-19(76-2)14-31(25)86(60,61)62/h3-16,54-59H,45H2,1-2H3,(H,60,61,62)(H,63,64,65)(H,66,67,68)(H,69,70,71)(H,72,73,74). The summed E-state index contributed by atoms with van der Waals surface area (Å²) >= 11 is 0.423. The molecular weight excluding hydrogens is 1380 g/mol. The van der Waals surface area contributed by atoms with E-state index >= 15 is 0 Å². The minimum absolute atomic E-state index is 0.00744. The van der Waals surface area contributed by atoms with Gasteiger partial charge in [-0.05, 0) is 84.2 Å². The van der Waals surface area contributed by atoms with Crippen molar-refractivity contribution in [3.8, 4) is 28.7 Å². The number of rotatable bonds is 24. The van der Waals surface area contributed by atoms with Crippen LogP contribution in [0, 0.1) is 0 Å². The summed E-state index contributed by atoms with van der Waals surface area (Å²) in [6, 6.07) is 13.1. The van der Waals surface area contributed by atoms with Crippen LogP contribution < -0.4 is 15.2 Å². The van der Waals surface area contributed by atoms with E-state index in [1.165, 1.54) is 38.5 Å². The topological polar surface area (TPSA) is 592 Å². The number of azo groups is 4. The smallest absolute Gasteiger partial charge is 0.297 e. The van der Waals surface area contributed by atoms with Crippen molar-refractivity contribution in [3.63, 3.8) is 0 Å². The maximum absolute atomic E-state index is 13.3. The van der Waals surface area contributed by atoms with Gasteiger partial charge in [0.1, 0.15) is 81.5 Å². The third-order valence-corrected chi connectivity index (χ3v) is 18.2. The van der Waals surface area contributed by atoms with Gasteiger partial charge in [0.2, 0.25) is 0 Å². The zero-order valence-corrected chi connectivity index (χ0v) is 50.3. The predicted octanol–water partition coefficient (Wildman–Crippen LogP) is 11.0. The molecule has 0 unspecified atom stereocenters. The molecule has 0 heterocycles. The Hall–Kier alpha value is -8.02. The Morgan fingerprint density at radius 2 is 0.789 bits per heavy atom. The van der Waals surface area contributed by atoms with Crippen LogP contribution in [0.15, 0.2) is 165 Å². The minimum atomic E-state index is -5.72. The Labute approximate surface area is 514 Å². The van der Waals surface area contributed by atoms with E-state index in [0.29, 0.717) is 30.2 Å². The fraction of sp³-hybridized carbons (Fsp3) is 0.0455. The first kappa shape index (κ1) is 67.9. The average Bonchev–Trinajstić information content (AvgIpc) is 0.855. The van der Waals surface area contributed by atoms with Crippen LogP contribution in [0.2, 0.25) is 0 Å². The molecule has 0 saturated heterocycles. The molecule has 0 radical (unpaired) electrons. The van der Waals surface area contributed by atoms with Crippen LogP contribution >= 0.6 is 36.1 Å². The highest BCUT2D eigenvalue weighted by Crippen LogP contribution is 2.53. The summed E-state index contributed by atoms with van der Waals surface area (Å²) in [7, 11) is -24.9. The lowest BCUT2D eigenvalue weighted by atomic mass is 10.0. The Kier molecular flexibility index (Phi) is 20.2. The van der Waals surface area contributed by atoms with E-state index < -0.39 is 180 Å². The summed E-state index contributed by atoms with van der Waals surface area (Å²) < 4.78 is 204. The van der Waals surface area contributed by atoms with Gasteiger partial charge in [-0.2, -0.15) is 42.1 Å². The average molecular weight is 1410 g/mol. The molecule has 13 N–H and O–H groups in total. The number of phenolic OH excluding ortho intramolecular Hbond substituents is 3. The van der Waals surface area contributed by atoms with Crippen LogP contribution in [-0.4, -0.2) is 110 Å². The molecule has 476 valence electrons. The number of phenols is 3. The van der Waals surface area contributed by atoms with Gasteiger partial charge in [-0.15, -0.1) is 53.9 Å². The van der Waals surface area contributed by atoms with Gasteiger partial charge in [0, 0.05) is 27.6 Å². The molecule has 90 heavy (non-hydrogen) atoms. The first-order chi connectivity index (χ1) is 42.3. The van der Waals surface area contributed by atoms with Gasteiger partial charge in [-0.3, -0.25) is 22.8 Å². The summed E-state index contributed by atoms with van der Waals surface area (Å²) in [5.41, 5.74) is -0.520. The third-order valence-electron chi connectivity index (χ3n) is 11.8. The van der Waals surface area contributed by atoms with Crippen molar-refractivity contribution < 1.29 is 134 Å². The number of hydrogen-bond acceptors (Lipinski definition) is 36. The highest BCUT2D eigenvalue weighted by molar-refractivity contribution is 7.95. The molecule has 8 rings (SSSR count). The van der Waals surface area contributed by atoms with Gasteiger partial charge in [0.15, 0.2) is 17.2 Å². The van der Waals surface area contributed by atoms with Crippen molar-refractivity contribution >= 4 is 170 Å². The van der Waals surface area contributed by atoms with Crippen molar-refractivity contribution in [2.24, 2.45) is 40.9 Å². The summed E-state index contributed by atoms with van der Waals surface area (Å²) in [5.74, 6) is -3.38. The molecule has 46 heteroatoms. The Bertz CT molecular complexity index is 4990. The lowest BCUT2D eigenvalue weighted by Gasteiger charge is -2.15. The zero-order valence-electron chi connectivity index (χ0n) is 43.8. The summed E-state index contributed by atoms with van der Waals surface area (Å²) in [4.78, 5) is -7.04. The van der Waals surface area contributed by atoms with E-state index in [9.17, 15) is 80.2 Å². The predicted molar refractivity (Wildman–Crippen MR) is 305 cm³/mol. The fourth-order valence-corrected chi connectivity index (χ4v) is 13.2. The van der Waals surface area contributed by atoms with Gasteiger partial charge in [0.25, 0.3) is 50.6 Å². The number of hydrogen-bond donors (Lipinski definition) is 12. The molecule has 0 aliphatic rings. The van der Waals surface area contributed by atoms with Crippen LogP contribution in [-0.2, 0) is 78.7 Å². The fourth-order valence-electron chi connectivity index (χ4n) is 8.14. The first-order valence-electron chi connectivity index (χ1n) is 22.9. The van der Waals surface area contributed by atoms with E-state index in [4.69, 9.17) is 31.0 Å². The maximum Gasteiger partial charge on any atom is 0.297 e. The molecule has 8 aromatic carbocycles. The summed E-state index contributed by atoms with van der Waals surface area (Å²) in [5, 5.41) is 98.9. The molecule has 0 fully saturated rings. The molecule has 0 amide bonds. The van der Waals surface area contributed by atoms with E-state index in [1.54, 1.807) is 0 Å². The van der Waals surface area contributed by atoms with E-state index in [-0.39, 0.29) is 46.2 Å². The van der Waals surface area contributed by atoms with Crippen LogP contribution in [0.4, 0.5) is 51.2 Å². The number of benzene rings is 8. The zero-order chi connectivity index (χ0) is 66.0. The Morgan fingerprint density at radius 3 is 1.29 bits per heavy atom. The summed E-state index contributed by atoms with van der Waals surface area (Å²) in [6.07, 6.45) is 0. The van der Waals surface area contributed by atoms with Crippen molar-refractivity contribution in [1.29, 1.82) is 0 Å². The monoisotopic (exact) mass is 1410 g/mol. The number of nitrogens with zero attached hydrogens (tertiary/aromatic N) is 8. The molecule has 0 saturated carbocycles. The van der Waals surface area contributed by atoms with Crippen molar-refractivity contribution in [3.05, 3.63) is 84.9 Å². The number of aromatic hydroxyl groups is 3. The number of anilines is 1. The molecule has 8 aromatic rings. The molecule has 0 bridgehead atoms. The molecule has 0 aromatic heterocycles. The van der Waals surface area contributed by atoms with Gasteiger partial charge >= 0.3 is 0 Å². The minimum Gasteiger partial charge on any atom is -0.505 e. The van der Waals surface area contributed by atoms with Gasteiger partial charge < -0.3 is 30.5 Å². The lowest BCUT2D eigenvalue weighted by molar-refractivity contribution is -0.432. The van der Waals surface area contributed by atoms with E-state index in [0.717, 1.165) is 42.5 Å². The molecule has 0 aliphatic carbocycles. The second kappa shape index (κ2) is 26.8. The quantitative estimate of drug-likeness (QED) is 0.00667. The Morgan fingerprint density at radius 1 is 0.389 bits per heavy atom. The van der Waals surface area contributed by atoms with Gasteiger partial charge in [0.05, 0.1) is 76.1 Å². The number of nitrogen functional groups attached to an aromatic ring is 1. The Balaban J connectivity index is 1.29. The second-order valence-electron chi connectivity index (χ2n) is 17.0. The number of fused-ring (bicyclic) bond motifs is 3. The molecule has 0 spiro atoms. The number of nitrogens with two attached hydrogens (primary N) is 1. The van der Waals surface area contributed by atoms with Crippen LogP contribution in [0.3, 0.4) is 0 Å². The van der Waals surface area contributed by atoms with E-state index in [1.807, 2.05) is 0 Å². The third kappa shape index (κ3) is 14.4. The molecule has 38 nitrogen and oxygen atoms in total. The lowest BCUT2D eigenvalue weighted by Crippen LogP contribution is -2.03. The van der Waals surface area contributed by atoms with Crippen LogP contribution in [0.5, 0.6) is 28.7 Å². The molecule has 0 atom stereocenters. The largest absolute Gasteiger partial charge is 0.505 e. The van der Waals surface area contributed by atoms with Gasteiger partial charge in [-0.25, -0.2) is 15.8 Å². The van der Waals surface area contributed by atoms with Crippen molar-refractivity contribution in [2.75, 3.05) is 20.0 Å². The highest BCUT2D eigenvalue weighted by Gasteiger charge is 2.31. The number of ether oxygens (including phenoxy) is 2. The number of methoxy groups -OCH3 is 2. The van der Waals surface area contributed by atoms with Crippen LogP contribution in [0.1, 0.15) is 0 Å². The SMILES string of the molecule is COc1ccc(N=Nc2c(S(=O)(=O)O)cc3c(S(=O)(=O)O)c(N=Nc4c(S(=O)(=O)O)cc5cc(SOOO)c(N=Nc6ccc7c(O)c(N=Nc8ccc(OC)cc8S(=O)(=O)O)c(SOOO)cc7c6S(=O)(=O)O)c(N)c5c4O)ccc3c2O)c(SOOO)c1. The second-order valence-corrected chi connectivity index (χ2v) is 26.1. The van der Waals surface area contributed by atoms with Gasteiger partial charge in [-0.1, -0.05) is 15.1 Å². The van der Waals surface area contributed by atoms with Crippen LogP contribution in [0.25, 0.3) is 32.3 Å². The van der Waals surface area contributed by atoms with Crippen molar-refractivity contribution in [1.82, 2.24) is 0 Å². The maximum atomic E-state index is 13.3. The first-order valence-corrected chi connectivity index (χ1v) is 32.3. The summed E-state index contributed by atoms with van der Waals surface area (Å²) in [6.45, 7) is 0. The van der Waals surface area contributed by atoms with E-state index in [2.05, 4.69) is 69.0 Å². The highest BCUT2D eigenvalue weighted by atomic mass is 32.2. The van der Waals surface area contributed by atoms with Crippen molar-refractivity contribution in [2.45, 2.75) is 39.2 Å².